The summed E-state index contributed by atoms with van der Waals surface area (Å²) in [5.74, 6) is 0.376. The minimum atomic E-state index is -4.73. The lowest BCUT2D eigenvalue weighted by Crippen LogP contribution is -2.31. The van der Waals surface area contributed by atoms with E-state index in [4.69, 9.17) is 4.42 Å². The molecule has 0 unspecified atom stereocenters. The van der Waals surface area contributed by atoms with Crippen LogP contribution in [0, 0.1) is 0 Å². The molecule has 2 heterocycles. The van der Waals surface area contributed by atoms with E-state index in [0.717, 1.165) is 23.6 Å². The standard InChI is InChI=1S/C15H17F3N4O2/c1-14(2,3)13-20-19-11(24-13)7-22-12(23)9(15(16,17)18)6-10(21-22)8-4-5-8/h6,8H,4-5,7H2,1-3H3. The molecule has 3 rings (SSSR count). The topological polar surface area (TPSA) is 73.8 Å². The van der Waals surface area contributed by atoms with Gasteiger partial charge >= 0.3 is 6.18 Å². The van der Waals surface area contributed by atoms with Gasteiger partial charge in [0.25, 0.3) is 5.56 Å². The van der Waals surface area contributed by atoms with E-state index in [2.05, 4.69) is 15.3 Å². The number of aromatic nitrogens is 4. The first-order chi connectivity index (χ1) is 11.1. The zero-order valence-electron chi connectivity index (χ0n) is 13.5. The molecule has 0 bridgehead atoms. The van der Waals surface area contributed by atoms with E-state index in [-0.39, 0.29) is 24.0 Å². The number of nitrogens with zero attached hydrogens (tertiary/aromatic N) is 4. The van der Waals surface area contributed by atoms with Crippen molar-refractivity contribution in [1.82, 2.24) is 20.0 Å². The van der Waals surface area contributed by atoms with Crippen molar-refractivity contribution in [2.45, 2.75) is 57.7 Å². The van der Waals surface area contributed by atoms with Gasteiger partial charge in [-0.05, 0) is 18.9 Å². The monoisotopic (exact) mass is 342 g/mol. The van der Waals surface area contributed by atoms with Crippen LogP contribution in [-0.4, -0.2) is 20.0 Å². The maximum absolute atomic E-state index is 13.1. The Balaban J connectivity index is 1.99. The molecule has 0 aromatic carbocycles. The van der Waals surface area contributed by atoms with Crippen LogP contribution in [0.2, 0.25) is 0 Å². The van der Waals surface area contributed by atoms with Crippen molar-refractivity contribution < 1.29 is 17.6 Å². The van der Waals surface area contributed by atoms with Gasteiger partial charge in [0.1, 0.15) is 12.1 Å². The molecule has 24 heavy (non-hydrogen) atoms. The summed E-state index contributed by atoms with van der Waals surface area (Å²) in [5, 5.41) is 11.7. The van der Waals surface area contributed by atoms with Crippen LogP contribution in [0.1, 0.15) is 62.6 Å². The Morgan fingerprint density at radius 1 is 1.25 bits per heavy atom. The van der Waals surface area contributed by atoms with E-state index >= 15 is 0 Å². The van der Waals surface area contributed by atoms with Gasteiger partial charge in [0.2, 0.25) is 11.8 Å². The van der Waals surface area contributed by atoms with Gasteiger partial charge < -0.3 is 4.42 Å². The van der Waals surface area contributed by atoms with Gasteiger partial charge in [-0.1, -0.05) is 20.8 Å². The van der Waals surface area contributed by atoms with E-state index in [9.17, 15) is 18.0 Å². The number of hydrogen-bond acceptors (Lipinski definition) is 5. The first-order valence-corrected chi connectivity index (χ1v) is 7.58. The molecule has 0 radical (unpaired) electrons. The predicted octanol–water partition coefficient (Wildman–Crippen LogP) is 2.87. The summed E-state index contributed by atoms with van der Waals surface area (Å²) in [5.41, 5.74) is -2.54. The predicted molar refractivity (Wildman–Crippen MR) is 77.6 cm³/mol. The van der Waals surface area contributed by atoms with Crippen LogP contribution in [0.15, 0.2) is 15.3 Å². The third-order valence-electron chi connectivity index (χ3n) is 3.69. The second-order valence-electron chi connectivity index (χ2n) is 6.97. The number of halogens is 3. The molecule has 6 nitrogen and oxygen atoms in total. The van der Waals surface area contributed by atoms with E-state index in [1.807, 2.05) is 20.8 Å². The Labute approximate surface area is 135 Å². The average Bonchev–Trinajstić information content (AvgIpc) is 3.18. The molecule has 0 amide bonds. The summed E-state index contributed by atoms with van der Waals surface area (Å²) in [6, 6.07) is 0.852. The molecule has 1 saturated carbocycles. The number of alkyl halides is 3. The lowest BCUT2D eigenvalue weighted by Gasteiger charge is -2.12. The summed E-state index contributed by atoms with van der Waals surface area (Å²) in [7, 11) is 0. The van der Waals surface area contributed by atoms with Crippen molar-refractivity contribution in [3.05, 3.63) is 39.5 Å². The van der Waals surface area contributed by atoms with E-state index in [1.165, 1.54) is 0 Å². The molecule has 0 aliphatic heterocycles. The molecule has 0 atom stereocenters. The molecule has 0 spiro atoms. The Hall–Kier alpha value is -2.19. The molecule has 1 aliphatic carbocycles. The summed E-state index contributed by atoms with van der Waals surface area (Å²) in [6.45, 7) is 5.31. The summed E-state index contributed by atoms with van der Waals surface area (Å²) >= 11 is 0. The third-order valence-corrected chi connectivity index (χ3v) is 3.69. The van der Waals surface area contributed by atoms with Gasteiger partial charge in [-0.15, -0.1) is 10.2 Å². The zero-order chi connectivity index (χ0) is 17.7. The van der Waals surface area contributed by atoms with Crippen LogP contribution >= 0.6 is 0 Å². The maximum atomic E-state index is 13.1. The van der Waals surface area contributed by atoms with Gasteiger partial charge in [-0.3, -0.25) is 4.79 Å². The Kier molecular flexibility index (Phi) is 3.76. The fraction of sp³-hybridized carbons (Fsp3) is 0.600. The second kappa shape index (κ2) is 5.42. The smallest absolute Gasteiger partial charge is 0.421 e. The highest BCUT2D eigenvalue weighted by molar-refractivity contribution is 5.22. The molecule has 2 aromatic rings. The van der Waals surface area contributed by atoms with Crippen molar-refractivity contribution in [1.29, 1.82) is 0 Å². The van der Waals surface area contributed by atoms with Crippen LogP contribution in [-0.2, 0) is 18.1 Å². The van der Waals surface area contributed by atoms with Crippen molar-refractivity contribution in [3.63, 3.8) is 0 Å². The van der Waals surface area contributed by atoms with Crippen LogP contribution in [0.4, 0.5) is 13.2 Å². The Bertz CT molecular complexity index is 813. The molecule has 1 fully saturated rings. The fourth-order valence-electron chi connectivity index (χ4n) is 2.20. The molecule has 2 aromatic heterocycles. The second-order valence-corrected chi connectivity index (χ2v) is 6.97. The SMILES string of the molecule is CC(C)(C)c1nnc(Cn2nc(C3CC3)cc(C(F)(F)F)c2=O)o1. The molecule has 9 heteroatoms. The summed E-state index contributed by atoms with van der Waals surface area (Å²) < 4.78 is 45.5. The highest BCUT2D eigenvalue weighted by atomic mass is 19.4. The Morgan fingerprint density at radius 2 is 1.92 bits per heavy atom. The van der Waals surface area contributed by atoms with Gasteiger partial charge in [-0.25, -0.2) is 4.68 Å². The normalized spacial score (nSPS) is 15.8. The molecule has 0 saturated heterocycles. The van der Waals surface area contributed by atoms with Crippen LogP contribution in [0.25, 0.3) is 0 Å². The first-order valence-electron chi connectivity index (χ1n) is 7.58. The average molecular weight is 342 g/mol. The fourth-order valence-corrected chi connectivity index (χ4v) is 2.20. The molecule has 130 valence electrons. The molecular weight excluding hydrogens is 325 g/mol. The number of hydrogen-bond donors (Lipinski definition) is 0. The summed E-state index contributed by atoms with van der Waals surface area (Å²) in [4.78, 5) is 12.1. The molecular formula is C15H17F3N4O2. The Morgan fingerprint density at radius 3 is 2.42 bits per heavy atom. The van der Waals surface area contributed by atoms with E-state index < -0.39 is 22.7 Å². The van der Waals surface area contributed by atoms with E-state index in [0.29, 0.717) is 5.89 Å². The van der Waals surface area contributed by atoms with Crippen molar-refractivity contribution in [2.75, 3.05) is 0 Å². The van der Waals surface area contributed by atoms with Gasteiger partial charge in [-0.2, -0.15) is 18.3 Å². The van der Waals surface area contributed by atoms with Gasteiger partial charge in [0.05, 0.1) is 5.69 Å². The largest absolute Gasteiger partial charge is 0.423 e. The minimum Gasteiger partial charge on any atom is -0.423 e. The van der Waals surface area contributed by atoms with Crippen molar-refractivity contribution in [3.8, 4) is 0 Å². The van der Waals surface area contributed by atoms with Crippen LogP contribution in [0.5, 0.6) is 0 Å². The maximum Gasteiger partial charge on any atom is 0.421 e. The van der Waals surface area contributed by atoms with Gasteiger partial charge in [0.15, 0.2) is 0 Å². The minimum absolute atomic E-state index is 0.0224. The number of rotatable bonds is 3. The highest BCUT2D eigenvalue weighted by Crippen LogP contribution is 2.40. The lowest BCUT2D eigenvalue weighted by molar-refractivity contribution is -0.139. The quantitative estimate of drug-likeness (QED) is 0.857. The van der Waals surface area contributed by atoms with Crippen molar-refractivity contribution >= 4 is 0 Å². The third kappa shape index (κ3) is 3.34. The van der Waals surface area contributed by atoms with E-state index in [1.54, 1.807) is 0 Å². The van der Waals surface area contributed by atoms with Crippen LogP contribution < -0.4 is 5.56 Å². The first kappa shape index (κ1) is 16.7. The highest BCUT2D eigenvalue weighted by Gasteiger charge is 2.37. The van der Waals surface area contributed by atoms with Crippen molar-refractivity contribution in [2.24, 2.45) is 0 Å². The summed E-state index contributed by atoms with van der Waals surface area (Å²) in [6.07, 6.45) is -3.18. The molecule has 0 N–H and O–H groups in total. The lowest BCUT2D eigenvalue weighted by atomic mass is 9.97. The zero-order valence-corrected chi connectivity index (χ0v) is 13.5. The van der Waals surface area contributed by atoms with Crippen LogP contribution in [0.3, 0.4) is 0 Å². The molecule has 1 aliphatic rings. The van der Waals surface area contributed by atoms with Gasteiger partial charge in [0, 0.05) is 11.3 Å².